The SMILES string of the molecule is C=CCOC(=O)c1ccc(CN=[N+]=[N-])cc1. The van der Waals surface area contributed by atoms with Crippen molar-refractivity contribution in [1.82, 2.24) is 0 Å². The molecule has 0 aliphatic carbocycles. The van der Waals surface area contributed by atoms with Crippen molar-refractivity contribution >= 4 is 5.97 Å². The smallest absolute Gasteiger partial charge is 0.338 e. The van der Waals surface area contributed by atoms with E-state index >= 15 is 0 Å². The van der Waals surface area contributed by atoms with Crippen LogP contribution in [0.3, 0.4) is 0 Å². The minimum absolute atomic E-state index is 0.194. The third-order valence-corrected chi connectivity index (χ3v) is 1.84. The van der Waals surface area contributed by atoms with Gasteiger partial charge < -0.3 is 4.74 Å². The van der Waals surface area contributed by atoms with Gasteiger partial charge in [0.2, 0.25) is 0 Å². The molecule has 0 aromatic heterocycles. The van der Waals surface area contributed by atoms with E-state index in [0.717, 1.165) is 5.56 Å². The number of benzene rings is 1. The Hall–Kier alpha value is -2.26. The summed E-state index contributed by atoms with van der Waals surface area (Å²) in [6.07, 6.45) is 1.51. The van der Waals surface area contributed by atoms with Crippen LogP contribution in [-0.2, 0) is 11.3 Å². The first-order chi connectivity index (χ1) is 7.77. The maximum Gasteiger partial charge on any atom is 0.338 e. The monoisotopic (exact) mass is 217 g/mol. The molecule has 1 aromatic rings. The van der Waals surface area contributed by atoms with Crippen LogP contribution in [0.15, 0.2) is 42.0 Å². The van der Waals surface area contributed by atoms with Gasteiger partial charge in [-0.05, 0) is 23.2 Å². The molecule has 82 valence electrons. The lowest BCUT2D eigenvalue weighted by molar-refractivity contribution is 0.0550. The van der Waals surface area contributed by atoms with Crippen LogP contribution in [0.2, 0.25) is 0 Å². The van der Waals surface area contributed by atoms with Gasteiger partial charge in [0.05, 0.1) is 12.1 Å². The number of azide groups is 1. The fourth-order valence-electron chi connectivity index (χ4n) is 1.08. The molecule has 0 radical (unpaired) electrons. The van der Waals surface area contributed by atoms with Crippen LogP contribution in [0.1, 0.15) is 15.9 Å². The first-order valence-electron chi connectivity index (χ1n) is 4.65. The summed E-state index contributed by atoms with van der Waals surface area (Å²) in [7, 11) is 0. The summed E-state index contributed by atoms with van der Waals surface area (Å²) in [5, 5.41) is 3.42. The highest BCUT2D eigenvalue weighted by molar-refractivity contribution is 5.89. The van der Waals surface area contributed by atoms with E-state index in [9.17, 15) is 4.79 Å². The summed E-state index contributed by atoms with van der Waals surface area (Å²) in [6.45, 7) is 3.92. The van der Waals surface area contributed by atoms with Crippen LogP contribution in [-0.4, -0.2) is 12.6 Å². The number of hydrogen-bond acceptors (Lipinski definition) is 3. The molecule has 1 rings (SSSR count). The van der Waals surface area contributed by atoms with E-state index in [4.69, 9.17) is 10.3 Å². The molecule has 0 fully saturated rings. The fourth-order valence-corrected chi connectivity index (χ4v) is 1.08. The molecule has 5 nitrogen and oxygen atoms in total. The van der Waals surface area contributed by atoms with Crippen molar-refractivity contribution < 1.29 is 9.53 Å². The molecule has 0 N–H and O–H groups in total. The van der Waals surface area contributed by atoms with E-state index in [1.54, 1.807) is 24.3 Å². The normalized spacial score (nSPS) is 9.00. The van der Waals surface area contributed by atoms with Gasteiger partial charge in [0.1, 0.15) is 6.61 Å². The summed E-state index contributed by atoms with van der Waals surface area (Å²) in [6, 6.07) is 6.71. The number of esters is 1. The fraction of sp³-hybridized carbons (Fsp3) is 0.182. The lowest BCUT2D eigenvalue weighted by Gasteiger charge is -2.02. The molecule has 5 heteroatoms. The Bertz CT molecular complexity index is 419. The molecule has 0 bridgehead atoms. The van der Waals surface area contributed by atoms with Crippen molar-refractivity contribution in [2.24, 2.45) is 5.11 Å². The number of carbonyl (C=O) groups is 1. The Labute approximate surface area is 93.0 Å². The van der Waals surface area contributed by atoms with Crippen molar-refractivity contribution in [3.05, 3.63) is 58.5 Å². The predicted octanol–water partition coefficient (Wildman–Crippen LogP) is 2.84. The number of rotatable bonds is 5. The van der Waals surface area contributed by atoms with Gasteiger partial charge in [-0.15, -0.1) is 0 Å². The van der Waals surface area contributed by atoms with E-state index < -0.39 is 5.97 Å². The van der Waals surface area contributed by atoms with Gasteiger partial charge in [-0.3, -0.25) is 0 Å². The third kappa shape index (κ3) is 3.48. The molecule has 0 amide bonds. The third-order valence-electron chi connectivity index (χ3n) is 1.84. The molecule has 0 spiro atoms. The zero-order valence-corrected chi connectivity index (χ0v) is 8.67. The second-order valence-electron chi connectivity index (χ2n) is 2.97. The zero-order valence-electron chi connectivity index (χ0n) is 8.67. The summed E-state index contributed by atoms with van der Waals surface area (Å²) in [5.41, 5.74) is 9.45. The van der Waals surface area contributed by atoms with Gasteiger partial charge in [0.15, 0.2) is 0 Å². The Morgan fingerprint density at radius 1 is 1.50 bits per heavy atom. The lowest BCUT2D eigenvalue weighted by atomic mass is 10.1. The van der Waals surface area contributed by atoms with Crippen molar-refractivity contribution in [2.45, 2.75) is 6.54 Å². The van der Waals surface area contributed by atoms with Crippen molar-refractivity contribution in [1.29, 1.82) is 0 Å². The zero-order chi connectivity index (χ0) is 11.8. The van der Waals surface area contributed by atoms with Crippen LogP contribution in [0.25, 0.3) is 10.4 Å². The van der Waals surface area contributed by atoms with E-state index in [2.05, 4.69) is 16.6 Å². The quantitative estimate of drug-likeness (QED) is 0.250. The topological polar surface area (TPSA) is 75.1 Å². The average Bonchev–Trinajstić information content (AvgIpc) is 2.34. The minimum Gasteiger partial charge on any atom is -0.458 e. The van der Waals surface area contributed by atoms with Crippen LogP contribution in [0.5, 0.6) is 0 Å². The van der Waals surface area contributed by atoms with E-state index in [-0.39, 0.29) is 13.2 Å². The summed E-state index contributed by atoms with van der Waals surface area (Å²) < 4.78 is 4.86. The van der Waals surface area contributed by atoms with Gasteiger partial charge >= 0.3 is 5.97 Å². The minimum atomic E-state index is -0.393. The highest BCUT2D eigenvalue weighted by Crippen LogP contribution is 2.07. The molecule has 0 saturated carbocycles. The summed E-state index contributed by atoms with van der Waals surface area (Å²) >= 11 is 0. The average molecular weight is 217 g/mol. The summed E-state index contributed by atoms with van der Waals surface area (Å²) in [5.74, 6) is -0.393. The van der Waals surface area contributed by atoms with Gasteiger partial charge in [-0.2, -0.15) is 0 Å². The predicted molar refractivity (Wildman–Crippen MR) is 59.8 cm³/mol. The highest BCUT2D eigenvalue weighted by Gasteiger charge is 2.05. The van der Waals surface area contributed by atoms with E-state index in [1.807, 2.05) is 0 Å². The first kappa shape index (κ1) is 11.8. The van der Waals surface area contributed by atoms with Gasteiger partial charge in [-0.25, -0.2) is 4.79 Å². The number of ether oxygens (including phenoxy) is 1. The lowest BCUT2D eigenvalue weighted by Crippen LogP contribution is -2.04. The first-order valence-corrected chi connectivity index (χ1v) is 4.65. The van der Waals surface area contributed by atoms with Crippen LogP contribution >= 0.6 is 0 Å². The second-order valence-corrected chi connectivity index (χ2v) is 2.97. The molecular weight excluding hydrogens is 206 g/mol. The molecule has 0 aliphatic rings. The molecule has 0 unspecified atom stereocenters. The molecule has 0 atom stereocenters. The standard InChI is InChI=1S/C11H11N3O2/c1-2-7-16-11(15)10-5-3-9(4-6-10)8-13-14-12/h2-6H,1,7-8H2. The van der Waals surface area contributed by atoms with Gasteiger partial charge in [0, 0.05) is 4.91 Å². The van der Waals surface area contributed by atoms with E-state index in [0.29, 0.717) is 5.56 Å². The van der Waals surface area contributed by atoms with E-state index in [1.165, 1.54) is 6.08 Å². The Kier molecular flexibility index (Phi) is 4.63. The number of hydrogen-bond donors (Lipinski definition) is 0. The number of nitrogens with zero attached hydrogens (tertiary/aromatic N) is 3. The molecule has 0 heterocycles. The molecule has 0 aliphatic heterocycles. The van der Waals surface area contributed by atoms with Crippen LogP contribution in [0.4, 0.5) is 0 Å². The molecule has 0 saturated heterocycles. The Balaban J connectivity index is 2.66. The molecule has 1 aromatic carbocycles. The Morgan fingerprint density at radius 3 is 2.75 bits per heavy atom. The van der Waals surface area contributed by atoms with Crippen molar-refractivity contribution in [3.63, 3.8) is 0 Å². The highest BCUT2D eigenvalue weighted by atomic mass is 16.5. The van der Waals surface area contributed by atoms with Crippen molar-refractivity contribution in [3.8, 4) is 0 Å². The maximum atomic E-state index is 11.4. The van der Waals surface area contributed by atoms with Gasteiger partial charge in [0.25, 0.3) is 0 Å². The largest absolute Gasteiger partial charge is 0.458 e. The van der Waals surface area contributed by atoms with Crippen molar-refractivity contribution in [2.75, 3.05) is 6.61 Å². The summed E-state index contributed by atoms with van der Waals surface area (Å²) in [4.78, 5) is 14.0. The molecule has 16 heavy (non-hydrogen) atoms. The second kappa shape index (κ2) is 6.27. The molecular formula is C11H11N3O2. The van der Waals surface area contributed by atoms with Crippen LogP contribution < -0.4 is 0 Å². The Morgan fingerprint density at radius 2 is 2.19 bits per heavy atom. The van der Waals surface area contributed by atoms with Crippen LogP contribution in [0, 0.1) is 0 Å². The maximum absolute atomic E-state index is 11.4. The van der Waals surface area contributed by atoms with Gasteiger partial charge in [-0.1, -0.05) is 29.9 Å². The number of carbonyl (C=O) groups excluding carboxylic acids is 1.